The zero-order valence-electron chi connectivity index (χ0n) is 17.4. The highest BCUT2D eigenvalue weighted by Crippen LogP contribution is 2.46. The summed E-state index contributed by atoms with van der Waals surface area (Å²) in [6, 6.07) is 17.4. The molecule has 2 N–H and O–H groups in total. The SMILES string of the molecule is NC1(c2ccc(-c3c(-c4ccccc4)cnc4c3N(CC(F)F)C(=O)CO4)cc2)CCC1. The van der Waals surface area contributed by atoms with Gasteiger partial charge in [-0.15, -0.1) is 0 Å². The van der Waals surface area contributed by atoms with Gasteiger partial charge in [0.15, 0.2) is 6.61 Å². The maximum absolute atomic E-state index is 13.4. The Morgan fingerprint density at radius 3 is 2.41 bits per heavy atom. The van der Waals surface area contributed by atoms with E-state index in [-0.39, 0.29) is 23.7 Å². The van der Waals surface area contributed by atoms with Gasteiger partial charge < -0.3 is 10.5 Å². The minimum absolute atomic E-state index is 0.179. The lowest BCUT2D eigenvalue weighted by atomic mass is 9.72. The number of fused-ring (bicyclic) bond motifs is 1. The van der Waals surface area contributed by atoms with Crippen molar-refractivity contribution in [1.29, 1.82) is 0 Å². The molecule has 1 aromatic heterocycles. The van der Waals surface area contributed by atoms with Gasteiger partial charge in [0.2, 0.25) is 5.88 Å². The molecule has 2 heterocycles. The van der Waals surface area contributed by atoms with Crippen LogP contribution in [0.15, 0.2) is 60.8 Å². The van der Waals surface area contributed by atoms with Crippen molar-refractivity contribution in [1.82, 2.24) is 4.98 Å². The van der Waals surface area contributed by atoms with E-state index in [9.17, 15) is 13.6 Å². The largest absolute Gasteiger partial charge is 0.466 e. The van der Waals surface area contributed by atoms with Crippen molar-refractivity contribution >= 4 is 11.6 Å². The van der Waals surface area contributed by atoms with Gasteiger partial charge >= 0.3 is 0 Å². The minimum atomic E-state index is -2.68. The molecule has 1 fully saturated rings. The fourth-order valence-electron chi connectivity index (χ4n) is 4.45. The van der Waals surface area contributed by atoms with Crippen molar-refractivity contribution in [3.63, 3.8) is 0 Å². The molecular weight excluding hydrogens is 412 g/mol. The summed E-state index contributed by atoms with van der Waals surface area (Å²) in [5.74, 6) is -0.337. The second kappa shape index (κ2) is 7.98. The summed E-state index contributed by atoms with van der Waals surface area (Å²) in [6.07, 6.45) is 1.98. The lowest BCUT2D eigenvalue weighted by Crippen LogP contribution is -2.43. The van der Waals surface area contributed by atoms with Crippen LogP contribution >= 0.6 is 0 Å². The van der Waals surface area contributed by atoms with Crippen molar-refractivity contribution in [3.05, 3.63) is 66.4 Å². The highest BCUT2D eigenvalue weighted by atomic mass is 19.3. The van der Waals surface area contributed by atoms with Gasteiger partial charge in [0, 0.05) is 22.9 Å². The number of carbonyl (C=O) groups is 1. The number of nitrogens with zero attached hydrogens (tertiary/aromatic N) is 2. The Morgan fingerprint density at radius 1 is 1.06 bits per heavy atom. The van der Waals surface area contributed by atoms with Crippen LogP contribution in [0.1, 0.15) is 24.8 Å². The van der Waals surface area contributed by atoms with Gasteiger partial charge in [-0.05, 0) is 36.0 Å². The first-order chi connectivity index (χ1) is 15.5. The summed E-state index contributed by atoms with van der Waals surface area (Å²) in [6.45, 7) is -1.03. The summed E-state index contributed by atoms with van der Waals surface area (Å²) in [5.41, 5.74) is 10.5. The number of benzene rings is 2. The Kier molecular flexibility index (Phi) is 5.13. The normalized spacial score (nSPS) is 17.0. The maximum atomic E-state index is 13.4. The molecule has 3 aromatic rings. The van der Waals surface area contributed by atoms with Crippen molar-refractivity contribution in [2.75, 3.05) is 18.1 Å². The van der Waals surface area contributed by atoms with Gasteiger partial charge in [0.25, 0.3) is 12.3 Å². The van der Waals surface area contributed by atoms with Crippen LogP contribution in [-0.2, 0) is 10.3 Å². The molecule has 0 atom stereocenters. The smallest absolute Gasteiger partial charge is 0.265 e. The summed E-state index contributed by atoms with van der Waals surface area (Å²) in [7, 11) is 0. The van der Waals surface area contributed by atoms with Crippen molar-refractivity contribution in [3.8, 4) is 28.1 Å². The molecule has 0 radical (unpaired) electrons. The van der Waals surface area contributed by atoms with Gasteiger partial charge in [-0.3, -0.25) is 9.69 Å². The van der Waals surface area contributed by atoms with Crippen LogP contribution < -0.4 is 15.4 Å². The maximum Gasteiger partial charge on any atom is 0.265 e. The average Bonchev–Trinajstić information content (AvgIpc) is 2.79. The fraction of sp³-hybridized carbons (Fsp3) is 0.280. The van der Waals surface area contributed by atoms with Crippen LogP contribution in [0.3, 0.4) is 0 Å². The Morgan fingerprint density at radius 2 is 1.78 bits per heavy atom. The molecule has 0 saturated heterocycles. The zero-order valence-corrected chi connectivity index (χ0v) is 17.4. The molecule has 1 aliphatic heterocycles. The minimum Gasteiger partial charge on any atom is -0.466 e. The van der Waals surface area contributed by atoms with Crippen molar-refractivity contribution in [2.24, 2.45) is 5.73 Å². The van der Waals surface area contributed by atoms with E-state index in [1.54, 1.807) is 6.20 Å². The Hall–Kier alpha value is -3.32. The van der Waals surface area contributed by atoms with Crippen LogP contribution in [-0.4, -0.2) is 30.5 Å². The van der Waals surface area contributed by atoms with Crippen LogP contribution in [0.4, 0.5) is 14.5 Å². The monoisotopic (exact) mass is 435 g/mol. The van der Waals surface area contributed by atoms with Crippen LogP contribution in [0, 0.1) is 0 Å². The summed E-state index contributed by atoms with van der Waals surface area (Å²) in [4.78, 5) is 18.1. The number of aromatic nitrogens is 1. The molecule has 164 valence electrons. The number of rotatable bonds is 5. The number of hydrogen-bond acceptors (Lipinski definition) is 4. The number of nitrogens with two attached hydrogens (primary N) is 1. The number of carbonyl (C=O) groups excluding carboxylic acids is 1. The zero-order chi connectivity index (χ0) is 22.3. The van der Waals surface area contributed by atoms with Crippen LogP contribution in [0.2, 0.25) is 0 Å². The second-order valence-electron chi connectivity index (χ2n) is 8.34. The third kappa shape index (κ3) is 3.52. The summed E-state index contributed by atoms with van der Waals surface area (Å²) >= 11 is 0. The molecule has 7 heteroatoms. The fourth-order valence-corrected chi connectivity index (χ4v) is 4.45. The van der Waals surface area contributed by atoms with E-state index in [4.69, 9.17) is 10.5 Å². The van der Waals surface area contributed by atoms with Gasteiger partial charge in [-0.2, -0.15) is 0 Å². The number of alkyl halides is 2. The molecule has 5 nitrogen and oxygen atoms in total. The summed E-state index contributed by atoms with van der Waals surface area (Å²) < 4.78 is 32.3. The quantitative estimate of drug-likeness (QED) is 0.628. The Labute approximate surface area is 184 Å². The Balaban J connectivity index is 1.71. The van der Waals surface area contributed by atoms with Crippen LogP contribution in [0.5, 0.6) is 5.88 Å². The molecule has 2 aliphatic rings. The lowest BCUT2D eigenvalue weighted by Gasteiger charge is -2.38. The van der Waals surface area contributed by atoms with Gasteiger partial charge in [0.05, 0.1) is 6.54 Å². The molecule has 0 unspecified atom stereocenters. The van der Waals surface area contributed by atoms with E-state index >= 15 is 0 Å². The first kappa shape index (κ1) is 20.6. The third-order valence-corrected chi connectivity index (χ3v) is 6.32. The number of halogens is 2. The standard InChI is InChI=1S/C25H23F2N3O2/c26-20(27)14-30-21(31)15-32-24-23(30)22(19(13-29-24)16-5-2-1-3-6-16)17-7-9-18(10-8-17)25(28)11-4-12-25/h1-3,5-10,13,20H,4,11-12,14-15,28H2. The van der Waals surface area contributed by atoms with Gasteiger partial charge in [-0.1, -0.05) is 54.6 Å². The number of ether oxygens (including phenoxy) is 1. The first-order valence-electron chi connectivity index (χ1n) is 10.7. The number of hydrogen-bond donors (Lipinski definition) is 1. The van der Waals surface area contributed by atoms with Gasteiger partial charge in [0.1, 0.15) is 5.69 Å². The molecule has 2 aromatic carbocycles. The highest BCUT2D eigenvalue weighted by molar-refractivity contribution is 6.05. The molecule has 0 bridgehead atoms. The molecule has 0 spiro atoms. The molecular formula is C25H23F2N3O2. The number of anilines is 1. The predicted molar refractivity (Wildman–Crippen MR) is 119 cm³/mol. The van der Waals surface area contributed by atoms with E-state index in [1.807, 2.05) is 54.6 Å². The van der Waals surface area contributed by atoms with Crippen molar-refractivity contribution < 1.29 is 18.3 Å². The molecule has 1 saturated carbocycles. The lowest BCUT2D eigenvalue weighted by molar-refractivity contribution is -0.121. The molecule has 1 aliphatic carbocycles. The molecule has 32 heavy (non-hydrogen) atoms. The van der Waals surface area contributed by atoms with E-state index in [0.29, 0.717) is 5.56 Å². The highest BCUT2D eigenvalue weighted by Gasteiger charge is 2.35. The summed E-state index contributed by atoms with van der Waals surface area (Å²) in [5, 5.41) is 0. The average molecular weight is 435 g/mol. The number of amides is 1. The molecule has 5 rings (SSSR count). The van der Waals surface area contributed by atoms with E-state index in [2.05, 4.69) is 4.98 Å². The van der Waals surface area contributed by atoms with E-state index in [1.165, 1.54) is 0 Å². The van der Waals surface area contributed by atoms with Gasteiger partial charge in [-0.25, -0.2) is 13.8 Å². The predicted octanol–water partition coefficient (Wildman–Crippen LogP) is 4.74. The topological polar surface area (TPSA) is 68.5 Å². The van der Waals surface area contributed by atoms with E-state index in [0.717, 1.165) is 46.4 Å². The first-order valence-corrected chi connectivity index (χ1v) is 10.7. The van der Waals surface area contributed by atoms with Crippen LogP contribution in [0.25, 0.3) is 22.3 Å². The molecule has 1 amide bonds. The third-order valence-electron chi connectivity index (χ3n) is 6.32. The number of pyridine rings is 1. The van der Waals surface area contributed by atoms with E-state index < -0.39 is 18.9 Å². The second-order valence-corrected chi connectivity index (χ2v) is 8.34. The van der Waals surface area contributed by atoms with Crippen molar-refractivity contribution in [2.45, 2.75) is 31.2 Å². The Bertz CT molecular complexity index is 1150.